The predicted octanol–water partition coefficient (Wildman–Crippen LogP) is 15.6. The molecule has 0 saturated carbocycles. The van der Waals surface area contributed by atoms with Gasteiger partial charge in [-0.05, 0) is 96.4 Å². The molecule has 0 spiro atoms. The normalized spacial score (nSPS) is 12.6. The number of aryl methyl sites for hydroxylation is 2. The molecule has 3 nitrogen and oxygen atoms in total. The number of aliphatic hydroxyl groups is 1. The number of hydrogen-bond acceptors (Lipinski definition) is 5. The molecule has 0 saturated heterocycles. The summed E-state index contributed by atoms with van der Waals surface area (Å²) in [6, 6.07) is 24.0. The maximum atomic E-state index is 12.2. The number of pyridine rings is 1. The van der Waals surface area contributed by atoms with Crippen LogP contribution in [0.3, 0.4) is 0 Å². The molecule has 1 N–H and O–H groups in total. The van der Waals surface area contributed by atoms with Gasteiger partial charge in [0.2, 0.25) is 0 Å². The van der Waals surface area contributed by atoms with Crippen molar-refractivity contribution in [2.24, 2.45) is 16.7 Å². The van der Waals surface area contributed by atoms with E-state index in [0.717, 1.165) is 54.3 Å². The summed E-state index contributed by atoms with van der Waals surface area (Å²) in [5.41, 5.74) is 9.12. The molecule has 0 aliphatic rings. The van der Waals surface area contributed by atoms with Crippen molar-refractivity contribution in [1.29, 1.82) is 0 Å². The van der Waals surface area contributed by atoms with Gasteiger partial charge in [0.1, 0.15) is 5.76 Å². The zero-order chi connectivity index (χ0) is 40.5. The number of ketones is 1. The number of aliphatic hydroxyl groups excluding tert-OH is 1. The molecular formula is C50H62IrNO2S2-. The van der Waals surface area contributed by atoms with Gasteiger partial charge in [0.15, 0.2) is 5.78 Å². The Morgan fingerprint density at radius 1 is 0.875 bits per heavy atom. The molecule has 6 aromatic rings. The molecule has 0 aliphatic heterocycles. The van der Waals surface area contributed by atoms with Gasteiger partial charge in [0, 0.05) is 52.3 Å². The molecule has 0 unspecified atom stereocenters. The van der Waals surface area contributed by atoms with Gasteiger partial charge < -0.3 is 5.11 Å². The smallest absolute Gasteiger partial charge is 0.164 e. The van der Waals surface area contributed by atoms with Crippen LogP contribution < -0.4 is 0 Å². The monoisotopic (exact) mass is 965 g/mol. The van der Waals surface area contributed by atoms with Crippen molar-refractivity contribution >= 4 is 59.5 Å². The topological polar surface area (TPSA) is 50.2 Å². The summed E-state index contributed by atoms with van der Waals surface area (Å²) >= 11 is 3.76. The van der Waals surface area contributed by atoms with E-state index in [1.807, 2.05) is 52.9 Å². The van der Waals surface area contributed by atoms with E-state index in [0.29, 0.717) is 5.92 Å². The number of hydrogen-bond donors (Lipinski definition) is 1. The van der Waals surface area contributed by atoms with Crippen molar-refractivity contribution < 1.29 is 30.0 Å². The molecule has 301 valence electrons. The van der Waals surface area contributed by atoms with E-state index in [2.05, 4.69) is 115 Å². The van der Waals surface area contributed by atoms with Gasteiger partial charge in [0.25, 0.3) is 0 Å². The summed E-state index contributed by atoms with van der Waals surface area (Å²) in [6.07, 6.45) is 5.90. The van der Waals surface area contributed by atoms with Crippen LogP contribution in [0, 0.1) is 36.7 Å². The third kappa shape index (κ3) is 9.41. The zero-order valence-corrected chi connectivity index (χ0v) is 39.9. The van der Waals surface area contributed by atoms with Gasteiger partial charge in [-0.1, -0.05) is 124 Å². The van der Waals surface area contributed by atoms with Crippen molar-refractivity contribution in [2.45, 2.75) is 128 Å². The molecule has 0 aliphatic carbocycles. The van der Waals surface area contributed by atoms with Crippen molar-refractivity contribution in [3.63, 3.8) is 0 Å². The molecule has 0 fully saturated rings. The largest absolute Gasteiger partial charge is 0.512 e. The van der Waals surface area contributed by atoms with Crippen molar-refractivity contribution in [3.05, 3.63) is 99.4 Å². The minimum Gasteiger partial charge on any atom is -0.512 e. The van der Waals surface area contributed by atoms with Crippen LogP contribution in [-0.2, 0) is 36.7 Å². The zero-order valence-electron chi connectivity index (χ0n) is 35.9. The Bertz CT molecular complexity index is 2340. The molecule has 3 aromatic carbocycles. The Balaban J connectivity index is 0.000000330. The van der Waals surface area contributed by atoms with E-state index < -0.39 is 0 Å². The fraction of sp³-hybridized carbons (Fsp3) is 0.440. The second-order valence-electron chi connectivity index (χ2n) is 17.4. The average Bonchev–Trinajstić information content (AvgIpc) is 3.70. The fourth-order valence-electron chi connectivity index (χ4n) is 7.16. The Labute approximate surface area is 358 Å². The summed E-state index contributed by atoms with van der Waals surface area (Å²) < 4.78 is 2.64. The van der Waals surface area contributed by atoms with Gasteiger partial charge in [-0.2, -0.15) is 0 Å². The number of carbonyl (C=O) groups excluding carboxylic acids is 1. The third-order valence-electron chi connectivity index (χ3n) is 12.1. The summed E-state index contributed by atoms with van der Waals surface area (Å²) in [4.78, 5) is 18.9. The van der Waals surface area contributed by atoms with Gasteiger partial charge >= 0.3 is 0 Å². The Morgan fingerprint density at radius 3 is 2.12 bits per heavy atom. The third-order valence-corrected chi connectivity index (χ3v) is 14.5. The first kappa shape index (κ1) is 45.6. The molecular weight excluding hydrogens is 903 g/mol. The van der Waals surface area contributed by atoms with Gasteiger partial charge in [-0.15, -0.1) is 51.8 Å². The number of thiophene rings is 2. The maximum absolute atomic E-state index is 12.2. The Morgan fingerprint density at radius 2 is 1.52 bits per heavy atom. The van der Waals surface area contributed by atoms with E-state index in [-0.39, 0.29) is 47.9 Å². The average molecular weight is 965 g/mol. The summed E-state index contributed by atoms with van der Waals surface area (Å²) in [6.45, 7) is 28.0. The molecule has 0 bridgehead atoms. The number of carbonyl (C=O) groups is 1. The maximum Gasteiger partial charge on any atom is 0.164 e. The summed E-state index contributed by atoms with van der Waals surface area (Å²) in [5, 5.41) is 16.2. The molecule has 6 rings (SSSR count). The molecule has 1 radical (unpaired) electrons. The van der Waals surface area contributed by atoms with Crippen LogP contribution in [0.15, 0.2) is 71.8 Å². The number of rotatable bonds is 11. The first-order valence-corrected chi connectivity index (χ1v) is 21.9. The number of fused-ring (bicyclic) bond motifs is 3. The minimum atomic E-state index is -0.337. The van der Waals surface area contributed by atoms with E-state index in [4.69, 9.17) is 4.98 Å². The Kier molecular flexibility index (Phi) is 14.8. The van der Waals surface area contributed by atoms with E-state index in [1.165, 1.54) is 58.9 Å². The number of allylic oxidation sites excluding steroid dienone is 2. The molecule has 56 heavy (non-hydrogen) atoms. The SMILES string of the molecule is CCC(C)(CC)C(=O)/C=C(\O)C(C)(CC)CC.Cc1c(CC(C)C)sc2cc(-c3cc(-c4[c-]c5ccccc5c(C(C)(C)C)c4)nc4c(C)csc34)ccc12.[Ir]. The summed E-state index contributed by atoms with van der Waals surface area (Å²) in [7, 11) is 0. The van der Waals surface area contributed by atoms with Crippen molar-refractivity contribution in [3.8, 4) is 22.4 Å². The van der Waals surface area contributed by atoms with E-state index in [1.54, 1.807) is 11.3 Å². The molecule has 3 heterocycles. The first-order chi connectivity index (χ1) is 25.9. The van der Waals surface area contributed by atoms with Crippen LogP contribution >= 0.6 is 22.7 Å². The molecule has 0 amide bonds. The molecule has 0 atom stereocenters. The van der Waals surface area contributed by atoms with Crippen LogP contribution in [0.2, 0.25) is 0 Å². The van der Waals surface area contributed by atoms with Crippen LogP contribution in [-0.4, -0.2) is 15.9 Å². The molecule has 6 heteroatoms. The Hall–Kier alpha value is -3.15. The van der Waals surface area contributed by atoms with Crippen LogP contribution in [0.25, 0.3) is 53.5 Å². The van der Waals surface area contributed by atoms with Gasteiger partial charge in [-0.25, -0.2) is 0 Å². The fourth-order valence-corrected chi connectivity index (χ4v) is 9.65. The van der Waals surface area contributed by atoms with E-state index >= 15 is 0 Å². The quantitative estimate of drug-likeness (QED) is 0.0800. The van der Waals surface area contributed by atoms with Crippen LogP contribution in [0.5, 0.6) is 0 Å². The van der Waals surface area contributed by atoms with E-state index in [9.17, 15) is 9.90 Å². The first-order valence-electron chi connectivity index (χ1n) is 20.2. The summed E-state index contributed by atoms with van der Waals surface area (Å²) in [5.74, 6) is 0.947. The predicted molar refractivity (Wildman–Crippen MR) is 242 cm³/mol. The van der Waals surface area contributed by atoms with Crippen molar-refractivity contribution in [1.82, 2.24) is 4.98 Å². The second kappa shape index (κ2) is 18.2. The second-order valence-corrected chi connectivity index (χ2v) is 19.4. The van der Waals surface area contributed by atoms with Crippen molar-refractivity contribution in [2.75, 3.05) is 0 Å². The number of nitrogens with zero attached hydrogens (tertiary/aromatic N) is 1. The standard InChI is InChI=1S/C35H34NS2.C15H28O2.Ir/c1-20(2)14-31-22(4)26-13-12-24(17-32(26)38-31)28-18-30(36-33-21(3)19-37-34(28)33)25-15-23-10-8-9-11-27(23)29(16-25)35(5,6)7;1-7-14(5,8-2)12(16)11-13(17)15(6,9-3)10-4;/h8-13,16-20H,14H2,1-7H3;11,16H,7-10H2,1-6H3;/q-1;;/b;12-11-;. The molecule has 3 aromatic heterocycles. The van der Waals surface area contributed by atoms with Gasteiger partial charge in [-0.3, -0.25) is 9.78 Å². The minimum absolute atomic E-state index is 0. The number of benzene rings is 3. The van der Waals surface area contributed by atoms with Crippen LogP contribution in [0.1, 0.15) is 123 Å². The van der Waals surface area contributed by atoms with Crippen LogP contribution in [0.4, 0.5) is 0 Å². The van der Waals surface area contributed by atoms with Gasteiger partial charge in [0.05, 0.1) is 10.2 Å². The number of aromatic nitrogens is 1.